The molecule has 2 N–H and O–H groups in total. The molecule has 3 aromatic heterocycles. The minimum absolute atomic E-state index is 0.103. The first-order chi connectivity index (χ1) is 14.4. The predicted molar refractivity (Wildman–Crippen MR) is 117 cm³/mol. The summed E-state index contributed by atoms with van der Waals surface area (Å²) in [5.41, 5.74) is 10.1. The highest BCUT2D eigenvalue weighted by molar-refractivity contribution is 9.10. The van der Waals surface area contributed by atoms with Crippen molar-refractivity contribution in [3.63, 3.8) is 0 Å². The highest BCUT2D eigenvalue weighted by atomic mass is 79.9. The van der Waals surface area contributed by atoms with Crippen LogP contribution in [0.3, 0.4) is 0 Å². The average Bonchev–Trinajstić information content (AvgIpc) is 3.14. The lowest BCUT2D eigenvalue weighted by atomic mass is 10.0. The summed E-state index contributed by atoms with van der Waals surface area (Å²) in [5.74, 6) is 0.324. The molecule has 8 nitrogen and oxygen atoms in total. The number of ether oxygens (including phenoxy) is 1. The molecule has 0 saturated heterocycles. The van der Waals surface area contributed by atoms with Crippen molar-refractivity contribution in [3.8, 4) is 0 Å². The molecule has 0 aliphatic carbocycles. The minimum atomic E-state index is -0.209. The summed E-state index contributed by atoms with van der Waals surface area (Å²) in [6, 6.07) is 9.13. The van der Waals surface area contributed by atoms with E-state index in [1.807, 2.05) is 31.3 Å². The van der Waals surface area contributed by atoms with Crippen molar-refractivity contribution in [1.29, 1.82) is 0 Å². The summed E-state index contributed by atoms with van der Waals surface area (Å²) in [7, 11) is 3.64. The van der Waals surface area contributed by atoms with Gasteiger partial charge in [0, 0.05) is 30.6 Å². The van der Waals surface area contributed by atoms with Crippen LogP contribution in [0.5, 0.6) is 0 Å². The number of carbonyl (C=O) groups excluding carboxylic acids is 1. The molecular weight excluding hydrogens is 448 g/mol. The average molecular weight is 467 g/mol. The lowest BCUT2D eigenvalue weighted by Crippen LogP contribution is -2.36. The van der Waals surface area contributed by atoms with Crippen LogP contribution >= 0.6 is 15.9 Å². The third kappa shape index (κ3) is 2.93. The number of likely N-dealkylation sites (N-methyl/N-ethyl adjacent to an activating group) is 1. The van der Waals surface area contributed by atoms with E-state index in [4.69, 9.17) is 10.5 Å². The van der Waals surface area contributed by atoms with Crippen LogP contribution in [0.25, 0.3) is 21.8 Å². The zero-order valence-electron chi connectivity index (χ0n) is 16.5. The van der Waals surface area contributed by atoms with Crippen molar-refractivity contribution in [2.24, 2.45) is 7.05 Å². The Bertz CT molecular complexity index is 1320. The van der Waals surface area contributed by atoms with Crippen LogP contribution in [0.15, 0.2) is 41.1 Å². The van der Waals surface area contributed by atoms with Crippen LogP contribution in [0.1, 0.15) is 27.7 Å². The molecule has 9 heteroatoms. The molecule has 1 aliphatic heterocycles. The number of amides is 1. The number of aryl methyl sites for hydroxylation is 1. The number of anilines is 1. The number of nitrogens with two attached hydrogens (primary N) is 1. The molecule has 152 valence electrons. The largest absolute Gasteiger partial charge is 0.383 e. The Kier molecular flexibility index (Phi) is 4.44. The number of nitrogen functional groups attached to an aromatic ring is 1. The van der Waals surface area contributed by atoms with Crippen molar-refractivity contribution >= 4 is 49.5 Å². The van der Waals surface area contributed by atoms with Crippen molar-refractivity contribution in [2.45, 2.75) is 12.6 Å². The SMILES string of the molecule is CN(C(=O)c1ccc2nc(N)c3cnn(C)c3c2c1)[C@H]1COCc2nc(Br)ccc21. The zero-order chi connectivity index (χ0) is 21.0. The summed E-state index contributed by atoms with van der Waals surface area (Å²) in [6.07, 6.45) is 1.69. The Morgan fingerprint density at radius 2 is 2.10 bits per heavy atom. The van der Waals surface area contributed by atoms with E-state index < -0.39 is 0 Å². The maximum Gasteiger partial charge on any atom is 0.254 e. The standard InChI is InChI=1S/C21H19BrN6O2/c1-27(17-10-30-9-16-12(17)4-6-18(22)25-16)21(29)11-3-5-15-13(7-11)19-14(20(23)26-15)8-24-28(19)2/h3-8,17H,9-10H2,1-2H3,(H2,23,26)/t17-/m0/s1. The molecule has 4 aromatic rings. The zero-order valence-corrected chi connectivity index (χ0v) is 18.0. The second-order valence-electron chi connectivity index (χ2n) is 7.38. The van der Waals surface area contributed by atoms with Gasteiger partial charge in [-0.25, -0.2) is 9.97 Å². The smallest absolute Gasteiger partial charge is 0.254 e. The highest BCUT2D eigenvalue weighted by Gasteiger charge is 2.29. The van der Waals surface area contributed by atoms with Crippen molar-refractivity contribution < 1.29 is 9.53 Å². The summed E-state index contributed by atoms with van der Waals surface area (Å²) in [5, 5.41) is 5.91. The van der Waals surface area contributed by atoms with Crippen LogP contribution in [0.2, 0.25) is 0 Å². The second kappa shape index (κ2) is 7.03. The molecule has 30 heavy (non-hydrogen) atoms. The number of hydrogen-bond acceptors (Lipinski definition) is 6. The molecule has 0 fully saturated rings. The number of aromatic nitrogens is 4. The third-order valence-corrected chi connectivity index (χ3v) is 6.03. The molecule has 1 aliphatic rings. The molecular formula is C21H19BrN6O2. The van der Waals surface area contributed by atoms with E-state index in [1.165, 1.54) is 0 Å². The van der Waals surface area contributed by atoms with Gasteiger partial charge < -0.3 is 15.4 Å². The number of nitrogens with zero attached hydrogens (tertiary/aromatic N) is 5. The molecule has 0 saturated carbocycles. The number of hydrogen-bond donors (Lipinski definition) is 1. The Balaban J connectivity index is 1.56. The van der Waals surface area contributed by atoms with Crippen LogP contribution in [0, 0.1) is 0 Å². The van der Waals surface area contributed by atoms with Crippen molar-refractivity contribution in [2.75, 3.05) is 19.4 Å². The molecule has 0 unspecified atom stereocenters. The molecule has 1 atom stereocenters. The predicted octanol–water partition coefficient (Wildman–Crippen LogP) is 3.20. The summed E-state index contributed by atoms with van der Waals surface area (Å²) in [4.78, 5) is 24.0. The van der Waals surface area contributed by atoms with Crippen LogP contribution in [-0.2, 0) is 18.4 Å². The second-order valence-corrected chi connectivity index (χ2v) is 8.19. The Morgan fingerprint density at radius 3 is 2.93 bits per heavy atom. The lowest BCUT2D eigenvalue weighted by Gasteiger charge is -2.32. The van der Waals surface area contributed by atoms with Crippen molar-refractivity contribution in [3.05, 3.63) is 58.0 Å². The van der Waals surface area contributed by atoms with Gasteiger partial charge in [0.2, 0.25) is 0 Å². The van der Waals surface area contributed by atoms with E-state index in [1.54, 1.807) is 28.9 Å². The van der Waals surface area contributed by atoms with Gasteiger partial charge in [-0.15, -0.1) is 0 Å². The molecule has 0 radical (unpaired) electrons. The molecule has 1 amide bonds. The first-order valence-electron chi connectivity index (χ1n) is 9.45. The summed E-state index contributed by atoms with van der Waals surface area (Å²) in [6.45, 7) is 0.866. The first-order valence-corrected chi connectivity index (χ1v) is 10.2. The van der Waals surface area contributed by atoms with Gasteiger partial charge in [0.15, 0.2) is 0 Å². The maximum atomic E-state index is 13.4. The van der Waals surface area contributed by atoms with Gasteiger partial charge in [-0.3, -0.25) is 9.48 Å². The molecule has 1 aromatic carbocycles. The fourth-order valence-corrected chi connectivity index (χ4v) is 4.36. The van der Waals surface area contributed by atoms with Crippen molar-refractivity contribution in [1.82, 2.24) is 24.6 Å². The van der Waals surface area contributed by atoms with Gasteiger partial charge >= 0.3 is 0 Å². The number of halogens is 1. The van der Waals surface area contributed by atoms with Gasteiger partial charge in [0.25, 0.3) is 5.91 Å². The summed E-state index contributed by atoms with van der Waals surface area (Å²) < 4.78 is 8.21. The number of rotatable bonds is 2. The topological polar surface area (TPSA) is 99.2 Å². The maximum absolute atomic E-state index is 13.4. The van der Waals surface area contributed by atoms with Crippen LogP contribution < -0.4 is 5.73 Å². The molecule has 0 spiro atoms. The minimum Gasteiger partial charge on any atom is -0.383 e. The van der Waals surface area contributed by atoms with Gasteiger partial charge in [-0.2, -0.15) is 5.10 Å². The van der Waals surface area contributed by atoms with E-state index in [9.17, 15) is 4.79 Å². The van der Waals surface area contributed by atoms with Gasteiger partial charge in [-0.1, -0.05) is 6.07 Å². The van der Waals surface area contributed by atoms with Crippen LogP contribution in [-0.4, -0.2) is 44.2 Å². The number of benzene rings is 1. The normalized spacial score (nSPS) is 16.0. The van der Waals surface area contributed by atoms with Gasteiger partial charge in [0.1, 0.15) is 10.4 Å². The fourth-order valence-electron chi connectivity index (χ4n) is 4.02. The monoisotopic (exact) mass is 466 g/mol. The van der Waals surface area contributed by atoms with E-state index in [-0.39, 0.29) is 11.9 Å². The molecule has 5 rings (SSSR count). The third-order valence-electron chi connectivity index (χ3n) is 5.59. The highest BCUT2D eigenvalue weighted by Crippen LogP contribution is 2.32. The molecule has 0 bridgehead atoms. The Hall–Kier alpha value is -3.04. The van der Waals surface area contributed by atoms with Gasteiger partial charge in [-0.05, 0) is 40.2 Å². The summed E-state index contributed by atoms with van der Waals surface area (Å²) >= 11 is 3.39. The Morgan fingerprint density at radius 1 is 1.27 bits per heavy atom. The quantitative estimate of drug-likeness (QED) is 0.455. The van der Waals surface area contributed by atoms with E-state index in [0.29, 0.717) is 24.6 Å². The number of pyridine rings is 2. The van der Waals surface area contributed by atoms with Crippen LogP contribution in [0.4, 0.5) is 5.82 Å². The molecule has 4 heterocycles. The van der Waals surface area contributed by atoms with E-state index in [0.717, 1.165) is 37.7 Å². The first kappa shape index (κ1) is 19.0. The van der Waals surface area contributed by atoms with E-state index in [2.05, 4.69) is 31.0 Å². The van der Waals surface area contributed by atoms with Gasteiger partial charge in [0.05, 0.1) is 47.6 Å². The van der Waals surface area contributed by atoms with E-state index >= 15 is 0 Å². The number of fused-ring (bicyclic) bond motifs is 4. The lowest BCUT2D eigenvalue weighted by molar-refractivity contribution is 0.0329. The Labute approximate surface area is 180 Å². The fraction of sp³-hybridized carbons (Fsp3) is 0.238. The number of carbonyl (C=O) groups is 1.